The molecule has 0 unspecified atom stereocenters. The Balaban J connectivity index is 2.26. The van der Waals surface area contributed by atoms with Gasteiger partial charge in [-0.05, 0) is 25.7 Å². The third kappa shape index (κ3) is 4.90. The second-order valence-electron chi connectivity index (χ2n) is 6.02. The first-order valence-corrected chi connectivity index (χ1v) is 6.54. The van der Waals surface area contributed by atoms with E-state index in [4.69, 9.17) is 0 Å². The summed E-state index contributed by atoms with van der Waals surface area (Å²) in [5.41, 5.74) is 2.43. The lowest BCUT2D eigenvalue weighted by atomic mass is 9.90. The van der Waals surface area contributed by atoms with Gasteiger partial charge in [0.2, 0.25) is 5.91 Å². The lowest BCUT2D eigenvalue weighted by Gasteiger charge is -2.17. The summed E-state index contributed by atoms with van der Waals surface area (Å²) < 4.78 is 2.07. The van der Waals surface area contributed by atoms with Gasteiger partial charge in [-0.25, -0.2) is 4.98 Å². The summed E-state index contributed by atoms with van der Waals surface area (Å²) in [4.78, 5) is 15.9. The van der Waals surface area contributed by atoms with Crippen LogP contribution in [0.1, 0.15) is 45.0 Å². The minimum Gasteiger partial charge on any atom is -0.354 e. The van der Waals surface area contributed by atoms with Crippen LogP contribution in [0.25, 0.3) is 0 Å². The van der Waals surface area contributed by atoms with Crippen LogP contribution in [-0.2, 0) is 11.3 Å². The maximum Gasteiger partial charge on any atom is 0.220 e. The highest BCUT2D eigenvalue weighted by atomic mass is 16.1. The third-order valence-corrected chi connectivity index (χ3v) is 3.12. The number of hydrogen-bond donors (Lipinski definition) is 1. The number of nitrogens with zero attached hydrogens (tertiary/aromatic N) is 2. The van der Waals surface area contributed by atoms with Gasteiger partial charge in [0.1, 0.15) is 0 Å². The monoisotopic (exact) mass is 251 g/mol. The van der Waals surface area contributed by atoms with E-state index in [-0.39, 0.29) is 11.3 Å². The minimum atomic E-state index is 0.138. The number of amides is 1. The highest BCUT2D eigenvalue weighted by molar-refractivity contribution is 5.75. The molecule has 1 N–H and O–H groups in total. The highest BCUT2D eigenvalue weighted by Crippen LogP contribution is 2.20. The van der Waals surface area contributed by atoms with Crippen LogP contribution in [0.15, 0.2) is 6.33 Å². The number of carbonyl (C=O) groups is 1. The van der Waals surface area contributed by atoms with Crippen LogP contribution in [0.3, 0.4) is 0 Å². The molecule has 1 aromatic rings. The Labute approximate surface area is 110 Å². The van der Waals surface area contributed by atoms with E-state index in [1.165, 1.54) is 5.69 Å². The molecule has 0 aliphatic carbocycles. The van der Waals surface area contributed by atoms with Crippen molar-refractivity contribution in [2.75, 3.05) is 6.54 Å². The predicted octanol–water partition coefficient (Wildman–Crippen LogP) is 2.44. The van der Waals surface area contributed by atoms with E-state index in [2.05, 4.69) is 35.6 Å². The smallest absolute Gasteiger partial charge is 0.220 e. The number of aryl methyl sites for hydroxylation is 1. The number of nitrogens with one attached hydrogen (secondary N) is 1. The molecule has 4 nitrogen and oxygen atoms in total. The molecule has 4 heteroatoms. The first-order chi connectivity index (χ1) is 8.29. The Hall–Kier alpha value is -1.32. The van der Waals surface area contributed by atoms with Crippen molar-refractivity contribution in [3.63, 3.8) is 0 Å². The zero-order valence-corrected chi connectivity index (χ0v) is 12.2. The Morgan fingerprint density at radius 3 is 2.56 bits per heavy atom. The number of imidazole rings is 1. The summed E-state index contributed by atoms with van der Waals surface area (Å²) in [5, 5.41) is 2.95. The van der Waals surface area contributed by atoms with Crippen molar-refractivity contribution in [2.24, 2.45) is 5.41 Å². The van der Waals surface area contributed by atoms with Crippen LogP contribution in [0.2, 0.25) is 0 Å². The van der Waals surface area contributed by atoms with Crippen LogP contribution < -0.4 is 5.32 Å². The average Bonchev–Trinajstić information content (AvgIpc) is 2.57. The fourth-order valence-electron chi connectivity index (χ4n) is 1.66. The zero-order chi connectivity index (χ0) is 13.8. The molecule has 1 rings (SSSR count). The van der Waals surface area contributed by atoms with Crippen molar-refractivity contribution in [1.29, 1.82) is 0 Å². The fraction of sp³-hybridized carbons (Fsp3) is 0.714. The highest BCUT2D eigenvalue weighted by Gasteiger charge is 2.12. The molecule has 0 radical (unpaired) electrons. The van der Waals surface area contributed by atoms with E-state index in [1.54, 1.807) is 0 Å². The van der Waals surface area contributed by atoms with Gasteiger partial charge in [0, 0.05) is 25.2 Å². The number of hydrogen-bond acceptors (Lipinski definition) is 2. The number of rotatable bonds is 5. The van der Waals surface area contributed by atoms with Crippen molar-refractivity contribution in [1.82, 2.24) is 14.9 Å². The molecule has 1 amide bonds. The molecule has 0 spiro atoms. The molecule has 1 aromatic heterocycles. The minimum absolute atomic E-state index is 0.138. The third-order valence-electron chi connectivity index (χ3n) is 3.12. The van der Waals surface area contributed by atoms with Gasteiger partial charge < -0.3 is 9.88 Å². The van der Waals surface area contributed by atoms with Crippen LogP contribution >= 0.6 is 0 Å². The molecule has 0 aromatic carbocycles. The van der Waals surface area contributed by atoms with E-state index in [0.29, 0.717) is 13.0 Å². The molecule has 0 aliphatic rings. The van der Waals surface area contributed by atoms with E-state index >= 15 is 0 Å². The summed E-state index contributed by atoms with van der Waals surface area (Å²) in [6, 6.07) is 0. The van der Waals surface area contributed by atoms with Gasteiger partial charge in [0.05, 0.1) is 12.0 Å². The lowest BCUT2D eigenvalue weighted by Crippen LogP contribution is -2.28. The molecule has 102 valence electrons. The standard InChI is InChI=1S/C14H25N3O/c1-11-12(2)17(10-16-11)9-8-15-13(18)6-7-14(3,4)5/h10H,6-9H2,1-5H3,(H,15,18). The summed E-state index contributed by atoms with van der Waals surface area (Å²) in [7, 11) is 0. The number of carbonyl (C=O) groups excluding carboxylic acids is 1. The van der Waals surface area contributed by atoms with Gasteiger partial charge in [-0.3, -0.25) is 4.79 Å². The van der Waals surface area contributed by atoms with Crippen molar-refractivity contribution >= 4 is 5.91 Å². The Kier molecular flexibility index (Phi) is 4.93. The van der Waals surface area contributed by atoms with Crippen LogP contribution in [0.5, 0.6) is 0 Å². The summed E-state index contributed by atoms with van der Waals surface area (Å²) in [6.07, 6.45) is 3.35. The average molecular weight is 251 g/mol. The SMILES string of the molecule is Cc1ncn(CCNC(=O)CCC(C)(C)C)c1C. The maximum atomic E-state index is 11.6. The van der Waals surface area contributed by atoms with Crippen LogP contribution in [0, 0.1) is 19.3 Å². The largest absolute Gasteiger partial charge is 0.354 e. The lowest BCUT2D eigenvalue weighted by molar-refractivity contribution is -0.121. The van der Waals surface area contributed by atoms with Crippen molar-refractivity contribution < 1.29 is 4.79 Å². The van der Waals surface area contributed by atoms with Gasteiger partial charge in [-0.15, -0.1) is 0 Å². The fourth-order valence-corrected chi connectivity index (χ4v) is 1.66. The second-order valence-corrected chi connectivity index (χ2v) is 6.02. The van der Waals surface area contributed by atoms with Gasteiger partial charge in [-0.1, -0.05) is 20.8 Å². The first kappa shape index (κ1) is 14.7. The molecular weight excluding hydrogens is 226 g/mol. The molecule has 0 saturated heterocycles. The second kappa shape index (κ2) is 6.03. The summed E-state index contributed by atoms with van der Waals surface area (Å²) in [6.45, 7) is 11.9. The molecule has 0 fully saturated rings. The van der Waals surface area contributed by atoms with E-state index < -0.39 is 0 Å². The first-order valence-electron chi connectivity index (χ1n) is 6.54. The van der Waals surface area contributed by atoms with Gasteiger partial charge in [0.15, 0.2) is 0 Å². The predicted molar refractivity (Wildman–Crippen MR) is 73.4 cm³/mol. The topological polar surface area (TPSA) is 46.9 Å². The van der Waals surface area contributed by atoms with E-state index in [1.807, 2.05) is 20.2 Å². The zero-order valence-electron chi connectivity index (χ0n) is 12.2. The van der Waals surface area contributed by atoms with Gasteiger partial charge in [0.25, 0.3) is 0 Å². The summed E-state index contributed by atoms with van der Waals surface area (Å²) in [5.74, 6) is 0.138. The summed E-state index contributed by atoms with van der Waals surface area (Å²) >= 11 is 0. The molecule has 1 heterocycles. The normalized spacial score (nSPS) is 11.6. The van der Waals surface area contributed by atoms with Crippen molar-refractivity contribution in [3.8, 4) is 0 Å². The molecule has 0 bridgehead atoms. The molecule has 0 atom stereocenters. The van der Waals surface area contributed by atoms with E-state index in [9.17, 15) is 4.79 Å². The molecule has 0 aliphatic heterocycles. The van der Waals surface area contributed by atoms with Gasteiger partial charge >= 0.3 is 0 Å². The Morgan fingerprint density at radius 1 is 1.39 bits per heavy atom. The van der Waals surface area contributed by atoms with Crippen molar-refractivity contribution in [3.05, 3.63) is 17.7 Å². The van der Waals surface area contributed by atoms with E-state index in [0.717, 1.165) is 18.7 Å². The molecule has 0 saturated carbocycles. The Morgan fingerprint density at radius 2 is 2.06 bits per heavy atom. The molecule has 18 heavy (non-hydrogen) atoms. The Bertz CT molecular complexity index is 402. The number of aromatic nitrogens is 2. The molecular formula is C14H25N3O. The van der Waals surface area contributed by atoms with Crippen LogP contribution in [-0.4, -0.2) is 22.0 Å². The van der Waals surface area contributed by atoms with Crippen molar-refractivity contribution in [2.45, 2.75) is 54.0 Å². The maximum absolute atomic E-state index is 11.6. The quantitative estimate of drug-likeness (QED) is 0.873. The van der Waals surface area contributed by atoms with Gasteiger partial charge in [-0.2, -0.15) is 0 Å². The van der Waals surface area contributed by atoms with Crippen LogP contribution in [0.4, 0.5) is 0 Å².